The largest absolute Gasteiger partial charge is 0.507 e. The molecule has 0 atom stereocenters. The highest BCUT2D eigenvalue weighted by Gasteiger charge is 2.05. The lowest BCUT2D eigenvalue weighted by molar-refractivity contribution is 0.104. The molecule has 0 spiro atoms. The lowest BCUT2D eigenvalue weighted by atomic mass is 10.1. The number of nitrogens with zero attached hydrogens (tertiary/aromatic N) is 1. The van der Waals surface area contributed by atoms with Gasteiger partial charge in [-0.2, -0.15) is 0 Å². The third-order valence-corrected chi connectivity index (χ3v) is 1.69. The number of para-hydroxylation sites is 1. The molecule has 0 aliphatic heterocycles. The molecule has 0 heterocycles. The van der Waals surface area contributed by atoms with Crippen LogP contribution in [-0.2, 0) is 0 Å². The molecule has 0 saturated carbocycles. The summed E-state index contributed by atoms with van der Waals surface area (Å²) in [4.78, 5) is 13.3. The van der Waals surface area contributed by atoms with Gasteiger partial charge in [0.2, 0.25) is 0 Å². The Morgan fingerprint density at radius 1 is 1.36 bits per heavy atom. The number of carbonyl (C=O) groups excluding carboxylic acids is 1. The van der Waals surface area contributed by atoms with Crippen molar-refractivity contribution in [3.05, 3.63) is 42.1 Å². The van der Waals surface area contributed by atoms with Crippen molar-refractivity contribution in [2.45, 2.75) is 0 Å². The van der Waals surface area contributed by atoms with Crippen LogP contribution in [0.3, 0.4) is 0 Å². The van der Waals surface area contributed by atoms with E-state index in [1.54, 1.807) is 29.3 Å². The Bertz CT molecular complexity index is 356. The highest BCUT2D eigenvalue weighted by atomic mass is 16.3. The quantitative estimate of drug-likeness (QED) is 0.583. The smallest absolute Gasteiger partial charge is 0.190 e. The number of allylic oxidation sites excluding steroid dienone is 1. The highest BCUT2D eigenvalue weighted by molar-refractivity contribution is 6.06. The Morgan fingerprint density at radius 2 is 2.00 bits per heavy atom. The van der Waals surface area contributed by atoms with E-state index in [0.717, 1.165) is 0 Å². The van der Waals surface area contributed by atoms with Crippen LogP contribution in [0, 0.1) is 0 Å². The third-order valence-electron chi connectivity index (χ3n) is 1.69. The van der Waals surface area contributed by atoms with Crippen molar-refractivity contribution in [2.24, 2.45) is 0 Å². The number of benzene rings is 1. The predicted octanol–water partition coefficient (Wildman–Crippen LogP) is 1.65. The Labute approximate surface area is 83.3 Å². The van der Waals surface area contributed by atoms with Gasteiger partial charge in [0.25, 0.3) is 0 Å². The maximum atomic E-state index is 11.5. The standard InChI is InChI=1S/C11H13NO2/c1-12(2)8-7-11(14)9-5-3-4-6-10(9)13/h3-8,13H,1-2H3. The summed E-state index contributed by atoms with van der Waals surface area (Å²) >= 11 is 0. The molecule has 14 heavy (non-hydrogen) atoms. The second kappa shape index (κ2) is 4.46. The monoisotopic (exact) mass is 191 g/mol. The van der Waals surface area contributed by atoms with E-state index in [-0.39, 0.29) is 11.5 Å². The van der Waals surface area contributed by atoms with Crippen LogP contribution in [0.25, 0.3) is 0 Å². The molecule has 1 aromatic carbocycles. The summed E-state index contributed by atoms with van der Waals surface area (Å²) in [7, 11) is 3.66. The number of phenols is 1. The van der Waals surface area contributed by atoms with Gasteiger partial charge in [-0.15, -0.1) is 0 Å². The first kappa shape index (κ1) is 10.3. The van der Waals surface area contributed by atoms with Gasteiger partial charge in [0, 0.05) is 26.4 Å². The molecular weight excluding hydrogens is 178 g/mol. The molecule has 0 fully saturated rings. The van der Waals surface area contributed by atoms with Crippen LogP contribution in [0.15, 0.2) is 36.5 Å². The van der Waals surface area contributed by atoms with Gasteiger partial charge in [0.1, 0.15) is 5.75 Å². The average Bonchev–Trinajstić information content (AvgIpc) is 2.15. The summed E-state index contributed by atoms with van der Waals surface area (Å²) < 4.78 is 0. The van der Waals surface area contributed by atoms with Crippen molar-refractivity contribution in [3.8, 4) is 5.75 Å². The van der Waals surface area contributed by atoms with Crippen LogP contribution in [-0.4, -0.2) is 29.9 Å². The van der Waals surface area contributed by atoms with Crippen LogP contribution >= 0.6 is 0 Å². The normalized spacial score (nSPS) is 10.4. The summed E-state index contributed by atoms with van der Waals surface area (Å²) in [5.74, 6) is -0.183. The second-order valence-electron chi connectivity index (χ2n) is 3.16. The molecule has 0 saturated heterocycles. The fraction of sp³-hybridized carbons (Fsp3) is 0.182. The van der Waals surface area contributed by atoms with Gasteiger partial charge < -0.3 is 10.0 Å². The number of hydrogen-bond donors (Lipinski definition) is 1. The predicted molar refractivity (Wildman–Crippen MR) is 55.3 cm³/mol. The Balaban J connectivity index is 2.85. The minimum absolute atomic E-state index is 0.0147. The molecule has 0 aliphatic carbocycles. The molecule has 0 radical (unpaired) electrons. The number of hydrogen-bond acceptors (Lipinski definition) is 3. The Kier molecular flexibility index (Phi) is 3.29. The zero-order valence-electron chi connectivity index (χ0n) is 8.27. The number of phenolic OH excluding ortho intramolecular Hbond substituents is 1. The summed E-state index contributed by atoms with van der Waals surface area (Å²) in [6.07, 6.45) is 3.07. The summed E-state index contributed by atoms with van der Waals surface area (Å²) in [6, 6.07) is 6.49. The molecule has 1 N–H and O–H groups in total. The molecule has 3 heteroatoms. The van der Waals surface area contributed by atoms with Gasteiger partial charge in [0.15, 0.2) is 5.78 Å². The Morgan fingerprint density at radius 3 is 2.57 bits per heavy atom. The number of carbonyl (C=O) groups is 1. The molecule has 1 rings (SSSR count). The molecule has 0 unspecified atom stereocenters. The maximum Gasteiger partial charge on any atom is 0.190 e. The van der Waals surface area contributed by atoms with Crippen molar-refractivity contribution in [1.29, 1.82) is 0 Å². The topological polar surface area (TPSA) is 40.5 Å². The van der Waals surface area contributed by atoms with E-state index in [1.165, 1.54) is 12.1 Å². The molecule has 3 nitrogen and oxygen atoms in total. The fourth-order valence-electron chi connectivity index (χ4n) is 0.989. The molecular formula is C11H13NO2. The molecule has 0 aromatic heterocycles. The minimum Gasteiger partial charge on any atom is -0.507 e. The summed E-state index contributed by atoms with van der Waals surface area (Å²) in [6.45, 7) is 0. The first-order valence-corrected chi connectivity index (χ1v) is 4.28. The average molecular weight is 191 g/mol. The lowest BCUT2D eigenvalue weighted by Gasteiger charge is -2.03. The highest BCUT2D eigenvalue weighted by Crippen LogP contribution is 2.16. The van der Waals surface area contributed by atoms with E-state index in [9.17, 15) is 9.90 Å². The van der Waals surface area contributed by atoms with Crippen LogP contribution in [0.5, 0.6) is 5.75 Å². The molecule has 1 aromatic rings. The lowest BCUT2D eigenvalue weighted by Crippen LogP contribution is -2.03. The van der Waals surface area contributed by atoms with Crippen molar-refractivity contribution < 1.29 is 9.90 Å². The zero-order valence-corrected chi connectivity index (χ0v) is 8.27. The minimum atomic E-state index is -0.197. The van der Waals surface area contributed by atoms with E-state index in [0.29, 0.717) is 5.56 Å². The molecule has 74 valence electrons. The van der Waals surface area contributed by atoms with Crippen LogP contribution in [0.2, 0.25) is 0 Å². The number of ketones is 1. The van der Waals surface area contributed by atoms with E-state index in [4.69, 9.17) is 0 Å². The Hall–Kier alpha value is -1.77. The van der Waals surface area contributed by atoms with E-state index >= 15 is 0 Å². The van der Waals surface area contributed by atoms with Gasteiger partial charge in [0.05, 0.1) is 5.56 Å². The molecule has 0 amide bonds. The third kappa shape index (κ3) is 2.62. The van der Waals surface area contributed by atoms with Crippen LogP contribution in [0.1, 0.15) is 10.4 Å². The van der Waals surface area contributed by atoms with Crippen molar-refractivity contribution >= 4 is 5.78 Å². The van der Waals surface area contributed by atoms with Crippen LogP contribution in [0.4, 0.5) is 0 Å². The van der Waals surface area contributed by atoms with Crippen molar-refractivity contribution in [3.63, 3.8) is 0 Å². The number of rotatable bonds is 3. The summed E-state index contributed by atoms with van der Waals surface area (Å²) in [5, 5.41) is 9.38. The number of aromatic hydroxyl groups is 1. The van der Waals surface area contributed by atoms with Crippen LogP contribution < -0.4 is 0 Å². The van der Waals surface area contributed by atoms with Gasteiger partial charge in [-0.05, 0) is 12.1 Å². The van der Waals surface area contributed by atoms with Gasteiger partial charge in [-0.3, -0.25) is 4.79 Å². The van der Waals surface area contributed by atoms with Crippen molar-refractivity contribution in [1.82, 2.24) is 4.90 Å². The fourth-order valence-corrected chi connectivity index (χ4v) is 0.989. The first-order valence-electron chi connectivity index (χ1n) is 4.28. The van der Waals surface area contributed by atoms with E-state index in [2.05, 4.69) is 0 Å². The maximum absolute atomic E-state index is 11.5. The molecule has 0 bridgehead atoms. The van der Waals surface area contributed by atoms with Gasteiger partial charge >= 0.3 is 0 Å². The SMILES string of the molecule is CN(C)C=CC(=O)c1ccccc1O. The van der Waals surface area contributed by atoms with E-state index < -0.39 is 0 Å². The zero-order chi connectivity index (χ0) is 10.6. The van der Waals surface area contributed by atoms with Gasteiger partial charge in [-0.1, -0.05) is 12.1 Å². The second-order valence-corrected chi connectivity index (χ2v) is 3.16. The first-order chi connectivity index (χ1) is 6.61. The van der Waals surface area contributed by atoms with Crippen molar-refractivity contribution in [2.75, 3.05) is 14.1 Å². The molecule has 0 aliphatic rings. The van der Waals surface area contributed by atoms with Gasteiger partial charge in [-0.25, -0.2) is 0 Å². The summed E-state index contributed by atoms with van der Waals surface area (Å²) in [5.41, 5.74) is 0.325. The van der Waals surface area contributed by atoms with E-state index in [1.807, 2.05) is 14.1 Å².